The van der Waals surface area contributed by atoms with Gasteiger partial charge in [0.2, 0.25) is 11.8 Å². The lowest BCUT2D eigenvalue weighted by Crippen LogP contribution is -2.24. The minimum Gasteiger partial charge on any atom is -0.497 e. The van der Waals surface area contributed by atoms with Crippen molar-refractivity contribution < 1.29 is 9.15 Å². The number of para-hydroxylation sites is 2. The highest BCUT2D eigenvalue weighted by molar-refractivity contribution is 14.1. The van der Waals surface area contributed by atoms with Crippen molar-refractivity contribution >= 4 is 68.1 Å². The maximum atomic E-state index is 14.1. The Kier molecular flexibility index (Phi) is 8.68. The molecule has 2 heterocycles. The van der Waals surface area contributed by atoms with Crippen molar-refractivity contribution in [1.82, 2.24) is 19.7 Å². The number of anilines is 2. The van der Waals surface area contributed by atoms with Crippen LogP contribution in [0, 0.1) is 3.57 Å². The van der Waals surface area contributed by atoms with Gasteiger partial charge in [-0.2, -0.15) is 0 Å². The Hall–Kier alpha value is -4.71. The third kappa shape index (κ3) is 6.34. The van der Waals surface area contributed by atoms with Crippen LogP contribution in [0.1, 0.15) is 11.4 Å². The van der Waals surface area contributed by atoms with Crippen molar-refractivity contribution in [3.05, 3.63) is 145 Å². The minimum absolute atomic E-state index is 0.171. The molecule has 0 spiro atoms. The Labute approximate surface area is 293 Å². The van der Waals surface area contributed by atoms with Gasteiger partial charge in [0.05, 0.1) is 39.4 Å². The number of methoxy groups -OCH3 is 1. The third-order valence-electron chi connectivity index (χ3n) is 7.62. The van der Waals surface area contributed by atoms with Gasteiger partial charge in [-0.1, -0.05) is 47.5 Å². The van der Waals surface area contributed by atoms with Crippen molar-refractivity contribution in [2.75, 3.05) is 12.4 Å². The molecule has 0 saturated heterocycles. The number of aromatic nitrogens is 4. The number of rotatable bonds is 8. The summed E-state index contributed by atoms with van der Waals surface area (Å²) in [7, 11) is 1.62. The minimum atomic E-state index is -0.171. The van der Waals surface area contributed by atoms with E-state index in [0.29, 0.717) is 61.9 Å². The van der Waals surface area contributed by atoms with Crippen LogP contribution in [0.3, 0.4) is 0 Å². The summed E-state index contributed by atoms with van der Waals surface area (Å²) < 4.78 is 13.8. The Morgan fingerprint density at radius 1 is 0.830 bits per heavy atom. The van der Waals surface area contributed by atoms with Gasteiger partial charge in [-0.25, -0.2) is 4.98 Å². The molecule has 2 aromatic heterocycles. The van der Waals surface area contributed by atoms with Crippen molar-refractivity contribution in [3.8, 4) is 34.3 Å². The lowest BCUT2D eigenvalue weighted by Gasteiger charge is -2.17. The molecule has 5 aromatic carbocycles. The highest BCUT2D eigenvalue weighted by Crippen LogP contribution is 2.34. The zero-order chi connectivity index (χ0) is 32.5. The highest BCUT2D eigenvalue weighted by atomic mass is 127. The molecule has 232 valence electrons. The van der Waals surface area contributed by atoms with Gasteiger partial charge in [-0.05, 0) is 113 Å². The van der Waals surface area contributed by atoms with Crippen molar-refractivity contribution in [3.63, 3.8) is 0 Å². The maximum Gasteiger partial charge on any atom is 0.266 e. The molecule has 0 atom stereocenters. The zero-order valence-electron chi connectivity index (χ0n) is 24.7. The molecule has 0 aliphatic rings. The van der Waals surface area contributed by atoms with E-state index in [1.807, 2.05) is 91.0 Å². The van der Waals surface area contributed by atoms with E-state index >= 15 is 0 Å². The predicted molar refractivity (Wildman–Crippen MR) is 194 cm³/mol. The SMILES string of the molecule is COc1ccc(-c2nnc(-c3ccc(-n4c(Cc5ccccc5Nc5c(Cl)cccc5Cl)nc5ccc(I)cc5c4=O)cc3)o2)cc1. The van der Waals surface area contributed by atoms with Gasteiger partial charge < -0.3 is 14.5 Å². The summed E-state index contributed by atoms with van der Waals surface area (Å²) in [5.74, 6) is 2.06. The average molecular weight is 772 g/mol. The van der Waals surface area contributed by atoms with Crippen LogP contribution >= 0.6 is 45.8 Å². The van der Waals surface area contributed by atoms with Gasteiger partial charge in [0.15, 0.2) is 0 Å². The molecule has 0 unspecified atom stereocenters. The first-order valence-electron chi connectivity index (χ1n) is 14.5. The van der Waals surface area contributed by atoms with Crippen molar-refractivity contribution in [1.29, 1.82) is 0 Å². The van der Waals surface area contributed by atoms with E-state index in [1.165, 1.54) is 0 Å². The molecule has 0 radical (unpaired) electrons. The summed E-state index contributed by atoms with van der Waals surface area (Å²) in [5.41, 5.74) is 4.90. The number of halogens is 3. The standard InChI is InChI=1S/C36H24Cl2IN5O3/c1-46-26-16-11-22(12-17-26)35-43-42-34(47-35)21-9-14-25(15-10-21)44-32(40-31-18-13-24(39)20-27(31)36(44)45)19-23-5-2-3-8-30(23)41-33-28(37)6-4-7-29(33)38/h2-18,20,41H,19H2,1H3. The van der Waals surface area contributed by atoms with Crippen LogP contribution in [0.25, 0.3) is 39.5 Å². The van der Waals surface area contributed by atoms with Crippen LogP contribution in [0.5, 0.6) is 5.75 Å². The fourth-order valence-electron chi connectivity index (χ4n) is 5.25. The molecule has 47 heavy (non-hydrogen) atoms. The summed E-state index contributed by atoms with van der Waals surface area (Å²) in [4.78, 5) is 19.1. The predicted octanol–water partition coefficient (Wildman–Crippen LogP) is 9.36. The Bertz CT molecular complexity index is 2280. The quantitative estimate of drug-likeness (QED) is 0.154. The van der Waals surface area contributed by atoms with Crippen LogP contribution < -0.4 is 15.6 Å². The average Bonchev–Trinajstić information content (AvgIpc) is 3.58. The zero-order valence-corrected chi connectivity index (χ0v) is 28.4. The Morgan fingerprint density at radius 3 is 2.17 bits per heavy atom. The number of ether oxygens (including phenoxy) is 1. The molecule has 0 bridgehead atoms. The van der Waals surface area contributed by atoms with Gasteiger partial charge in [0.1, 0.15) is 11.6 Å². The fraction of sp³-hybridized carbons (Fsp3) is 0.0556. The summed E-state index contributed by atoms with van der Waals surface area (Å²) in [6.07, 6.45) is 0.346. The topological polar surface area (TPSA) is 95.1 Å². The molecule has 0 fully saturated rings. The summed E-state index contributed by atoms with van der Waals surface area (Å²) in [6, 6.07) is 33.6. The van der Waals surface area contributed by atoms with Gasteiger partial charge in [-0.3, -0.25) is 9.36 Å². The van der Waals surface area contributed by atoms with E-state index in [1.54, 1.807) is 29.9 Å². The molecule has 8 nitrogen and oxygen atoms in total. The molecular formula is C36H24Cl2IN5O3. The number of hydrogen-bond acceptors (Lipinski definition) is 7. The van der Waals surface area contributed by atoms with E-state index in [9.17, 15) is 4.79 Å². The van der Waals surface area contributed by atoms with Gasteiger partial charge in [0.25, 0.3) is 5.56 Å². The molecule has 7 aromatic rings. The first-order chi connectivity index (χ1) is 22.9. The lowest BCUT2D eigenvalue weighted by molar-refractivity contribution is 0.415. The summed E-state index contributed by atoms with van der Waals surface area (Å²) in [5, 5.41) is 13.4. The highest BCUT2D eigenvalue weighted by Gasteiger charge is 2.18. The summed E-state index contributed by atoms with van der Waals surface area (Å²) >= 11 is 15.1. The van der Waals surface area contributed by atoms with Gasteiger partial charge in [0, 0.05) is 26.8 Å². The van der Waals surface area contributed by atoms with Gasteiger partial charge >= 0.3 is 0 Å². The molecule has 0 aliphatic carbocycles. The molecule has 11 heteroatoms. The first kappa shape index (κ1) is 30.9. The van der Waals surface area contributed by atoms with Crippen molar-refractivity contribution in [2.24, 2.45) is 0 Å². The molecule has 0 aliphatic heterocycles. The second kappa shape index (κ2) is 13.2. The number of hydrogen-bond donors (Lipinski definition) is 1. The van der Waals surface area contributed by atoms with Crippen LogP contribution in [-0.4, -0.2) is 26.9 Å². The molecule has 1 N–H and O–H groups in total. The van der Waals surface area contributed by atoms with Crippen LogP contribution in [-0.2, 0) is 6.42 Å². The van der Waals surface area contributed by atoms with E-state index < -0.39 is 0 Å². The number of benzene rings is 5. The Morgan fingerprint density at radius 2 is 1.49 bits per heavy atom. The first-order valence-corrected chi connectivity index (χ1v) is 16.3. The maximum absolute atomic E-state index is 14.1. The molecule has 0 saturated carbocycles. The van der Waals surface area contributed by atoms with E-state index in [-0.39, 0.29) is 5.56 Å². The van der Waals surface area contributed by atoms with Crippen LogP contribution in [0.2, 0.25) is 10.0 Å². The molecular weight excluding hydrogens is 748 g/mol. The molecule has 0 amide bonds. The van der Waals surface area contributed by atoms with E-state index in [4.69, 9.17) is 37.3 Å². The number of fused-ring (bicyclic) bond motifs is 1. The smallest absolute Gasteiger partial charge is 0.266 e. The monoisotopic (exact) mass is 771 g/mol. The van der Waals surface area contributed by atoms with Crippen LogP contribution in [0.4, 0.5) is 11.4 Å². The number of nitrogens with one attached hydrogen (secondary N) is 1. The van der Waals surface area contributed by atoms with E-state index in [0.717, 1.165) is 26.1 Å². The second-order valence-electron chi connectivity index (χ2n) is 10.6. The van der Waals surface area contributed by atoms with Crippen LogP contribution in [0.15, 0.2) is 118 Å². The lowest BCUT2D eigenvalue weighted by atomic mass is 10.1. The normalized spacial score (nSPS) is 11.1. The second-order valence-corrected chi connectivity index (χ2v) is 12.6. The van der Waals surface area contributed by atoms with E-state index in [2.05, 4.69) is 38.1 Å². The number of nitrogens with zero attached hydrogens (tertiary/aromatic N) is 4. The third-order valence-corrected chi connectivity index (χ3v) is 8.92. The van der Waals surface area contributed by atoms with Crippen molar-refractivity contribution in [2.45, 2.75) is 6.42 Å². The largest absolute Gasteiger partial charge is 0.497 e. The fourth-order valence-corrected chi connectivity index (χ4v) is 6.23. The summed E-state index contributed by atoms with van der Waals surface area (Å²) in [6.45, 7) is 0. The Balaban J connectivity index is 1.27. The molecule has 7 rings (SSSR count). The van der Waals surface area contributed by atoms with Gasteiger partial charge in [-0.15, -0.1) is 10.2 Å².